The molecule has 120 valence electrons. The molecule has 6 unspecified atom stereocenters. The minimum atomic E-state index is 0.578. The summed E-state index contributed by atoms with van der Waals surface area (Å²) in [5, 5.41) is 0. The maximum Gasteiger partial charge on any atom is -0.0295 e. The van der Waals surface area contributed by atoms with Crippen LogP contribution in [0.2, 0.25) is 0 Å². The molecule has 1 rings (SSSR count). The molecular weight excluding hydrogens is 240 g/mol. The third kappa shape index (κ3) is 4.01. The van der Waals surface area contributed by atoms with Gasteiger partial charge < -0.3 is 0 Å². The molecule has 1 fully saturated rings. The maximum atomic E-state index is 2.59. The molecule has 0 amide bonds. The molecular formula is C20H40. The van der Waals surface area contributed by atoms with Gasteiger partial charge in [-0.25, -0.2) is 0 Å². The Morgan fingerprint density at radius 3 is 2.15 bits per heavy atom. The molecule has 0 saturated heterocycles. The summed E-state index contributed by atoms with van der Waals surface area (Å²) in [6.07, 6.45) is 7.06. The maximum absolute atomic E-state index is 2.59. The van der Waals surface area contributed by atoms with Gasteiger partial charge in [0.05, 0.1) is 0 Å². The fourth-order valence-corrected chi connectivity index (χ4v) is 5.28. The highest BCUT2D eigenvalue weighted by molar-refractivity contribution is 4.92. The van der Waals surface area contributed by atoms with Gasteiger partial charge in [0.25, 0.3) is 0 Å². The smallest absolute Gasteiger partial charge is 0.0295 e. The second kappa shape index (κ2) is 7.32. The molecule has 6 atom stereocenters. The van der Waals surface area contributed by atoms with Crippen LogP contribution in [-0.2, 0) is 0 Å². The van der Waals surface area contributed by atoms with Gasteiger partial charge in [0.1, 0.15) is 0 Å². The molecule has 0 bridgehead atoms. The average Bonchev–Trinajstić information content (AvgIpc) is 2.34. The lowest BCUT2D eigenvalue weighted by Crippen LogP contribution is -2.39. The van der Waals surface area contributed by atoms with Gasteiger partial charge >= 0.3 is 0 Å². The van der Waals surface area contributed by atoms with Crippen LogP contribution < -0.4 is 0 Å². The Balaban J connectivity index is 2.77. The summed E-state index contributed by atoms with van der Waals surface area (Å²) in [4.78, 5) is 0. The number of hydrogen-bond acceptors (Lipinski definition) is 0. The second-order valence-electron chi connectivity index (χ2n) is 8.64. The Morgan fingerprint density at radius 2 is 1.70 bits per heavy atom. The highest BCUT2D eigenvalue weighted by Crippen LogP contribution is 2.51. The third-order valence-corrected chi connectivity index (χ3v) is 6.82. The largest absolute Gasteiger partial charge is 0.0651 e. The molecule has 1 aliphatic rings. The van der Waals surface area contributed by atoms with E-state index in [4.69, 9.17) is 0 Å². The molecule has 0 aromatic carbocycles. The van der Waals surface area contributed by atoms with E-state index >= 15 is 0 Å². The molecule has 1 aliphatic carbocycles. The van der Waals surface area contributed by atoms with Crippen molar-refractivity contribution in [2.75, 3.05) is 0 Å². The molecule has 0 N–H and O–H groups in total. The summed E-state index contributed by atoms with van der Waals surface area (Å²) in [5.41, 5.74) is 0.578. The standard InChI is InChI=1S/C20H40/c1-9-18-13-20(8,17(7)11-15(18)5)12-16(6)19(10-2)14(3)4/h14-19H,9-13H2,1-8H3. The van der Waals surface area contributed by atoms with Crippen LogP contribution in [0.25, 0.3) is 0 Å². The third-order valence-electron chi connectivity index (χ3n) is 6.82. The molecule has 0 aliphatic heterocycles. The van der Waals surface area contributed by atoms with Gasteiger partial charge in [-0.3, -0.25) is 0 Å². The normalized spacial score (nSPS) is 38.0. The van der Waals surface area contributed by atoms with Crippen LogP contribution in [0.15, 0.2) is 0 Å². The summed E-state index contributed by atoms with van der Waals surface area (Å²) in [5.74, 6) is 5.40. The zero-order valence-corrected chi connectivity index (χ0v) is 15.5. The van der Waals surface area contributed by atoms with Crippen molar-refractivity contribution in [1.29, 1.82) is 0 Å². The SMILES string of the molecule is CCC1CC(C)(CC(C)C(CC)C(C)C)C(C)CC1C. The molecule has 0 heterocycles. The van der Waals surface area contributed by atoms with Crippen molar-refractivity contribution in [3.63, 3.8) is 0 Å². The van der Waals surface area contributed by atoms with Crippen molar-refractivity contribution < 1.29 is 0 Å². The Kier molecular flexibility index (Phi) is 6.61. The molecule has 0 spiro atoms. The summed E-state index contributed by atoms with van der Waals surface area (Å²) in [6, 6.07) is 0. The average molecular weight is 281 g/mol. The predicted octanol–water partition coefficient (Wildman–Crippen LogP) is 6.79. The minimum absolute atomic E-state index is 0.578. The van der Waals surface area contributed by atoms with Crippen LogP contribution >= 0.6 is 0 Å². The number of hydrogen-bond donors (Lipinski definition) is 0. The van der Waals surface area contributed by atoms with E-state index in [0.717, 1.165) is 35.5 Å². The van der Waals surface area contributed by atoms with E-state index in [1.54, 1.807) is 0 Å². The Bertz CT molecular complexity index is 280. The first-order valence-corrected chi connectivity index (χ1v) is 9.25. The van der Waals surface area contributed by atoms with Gasteiger partial charge in [0.15, 0.2) is 0 Å². The van der Waals surface area contributed by atoms with Gasteiger partial charge in [-0.05, 0) is 60.2 Å². The van der Waals surface area contributed by atoms with E-state index in [0.29, 0.717) is 5.41 Å². The van der Waals surface area contributed by atoms with Gasteiger partial charge in [0, 0.05) is 0 Å². The van der Waals surface area contributed by atoms with E-state index in [-0.39, 0.29) is 0 Å². The van der Waals surface area contributed by atoms with Gasteiger partial charge in [-0.1, -0.05) is 68.2 Å². The topological polar surface area (TPSA) is 0 Å². The molecule has 0 radical (unpaired) electrons. The van der Waals surface area contributed by atoms with Gasteiger partial charge in [0.2, 0.25) is 0 Å². The molecule has 0 aromatic rings. The minimum Gasteiger partial charge on any atom is -0.0651 e. The molecule has 0 nitrogen and oxygen atoms in total. The molecule has 1 saturated carbocycles. The van der Waals surface area contributed by atoms with Crippen molar-refractivity contribution >= 4 is 0 Å². The van der Waals surface area contributed by atoms with E-state index in [2.05, 4.69) is 55.4 Å². The van der Waals surface area contributed by atoms with E-state index < -0.39 is 0 Å². The quantitative estimate of drug-likeness (QED) is 0.502. The first-order chi connectivity index (χ1) is 9.25. The Morgan fingerprint density at radius 1 is 1.10 bits per heavy atom. The van der Waals surface area contributed by atoms with Crippen molar-refractivity contribution in [3.05, 3.63) is 0 Å². The van der Waals surface area contributed by atoms with Crippen LogP contribution in [0.1, 0.15) is 87.5 Å². The summed E-state index contributed by atoms with van der Waals surface area (Å²) < 4.78 is 0. The summed E-state index contributed by atoms with van der Waals surface area (Å²) >= 11 is 0. The highest BCUT2D eigenvalue weighted by Gasteiger charge is 2.41. The second-order valence-corrected chi connectivity index (χ2v) is 8.64. The fourth-order valence-electron chi connectivity index (χ4n) is 5.28. The van der Waals surface area contributed by atoms with Crippen LogP contribution in [0.3, 0.4) is 0 Å². The lowest BCUT2D eigenvalue weighted by atomic mass is 9.57. The Hall–Kier alpha value is 0. The van der Waals surface area contributed by atoms with E-state index in [1.165, 1.54) is 32.1 Å². The van der Waals surface area contributed by atoms with Crippen LogP contribution in [0.5, 0.6) is 0 Å². The van der Waals surface area contributed by atoms with E-state index in [9.17, 15) is 0 Å². The molecule has 20 heavy (non-hydrogen) atoms. The van der Waals surface area contributed by atoms with Crippen molar-refractivity contribution in [1.82, 2.24) is 0 Å². The van der Waals surface area contributed by atoms with Gasteiger partial charge in [-0.15, -0.1) is 0 Å². The van der Waals surface area contributed by atoms with Crippen LogP contribution in [0, 0.1) is 40.9 Å². The number of rotatable bonds is 6. The summed E-state index contributed by atoms with van der Waals surface area (Å²) in [7, 11) is 0. The lowest BCUT2D eigenvalue weighted by Gasteiger charge is -2.48. The summed E-state index contributed by atoms with van der Waals surface area (Å²) in [6.45, 7) is 19.7. The highest BCUT2D eigenvalue weighted by atomic mass is 14.5. The molecule has 0 aromatic heterocycles. The predicted molar refractivity (Wildman–Crippen MR) is 91.9 cm³/mol. The lowest BCUT2D eigenvalue weighted by molar-refractivity contribution is 0.0158. The van der Waals surface area contributed by atoms with Crippen LogP contribution in [-0.4, -0.2) is 0 Å². The fraction of sp³-hybridized carbons (Fsp3) is 1.00. The zero-order valence-electron chi connectivity index (χ0n) is 15.5. The van der Waals surface area contributed by atoms with Crippen molar-refractivity contribution in [2.45, 2.75) is 87.5 Å². The van der Waals surface area contributed by atoms with Crippen molar-refractivity contribution in [2.24, 2.45) is 40.9 Å². The monoisotopic (exact) mass is 280 g/mol. The zero-order chi connectivity index (χ0) is 15.5. The Labute approximate surface area is 129 Å². The van der Waals surface area contributed by atoms with Crippen LogP contribution in [0.4, 0.5) is 0 Å². The first kappa shape index (κ1) is 18.1. The first-order valence-electron chi connectivity index (χ1n) is 9.25. The molecule has 0 heteroatoms. The van der Waals surface area contributed by atoms with E-state index in [1.807, 2.05) is 0 Å². The van der Waals surface area contributed by atoms with Crippen molar-refractivity contribution in [3.8, 4) is 0 Å². The van der Waals surface area contributed by atoms with Gasteiger partial charge in [-0.2, -0.15) is 0 Å².